The largest absolute Gasteiger partial charge is 0.213 e. The van der Waals surface area contributed by atoms with Crippen LogP contribution in [-0.2, 0) is 7.05 Å². The molecule has 0 saturated carbocycles. The number of aryl methyl sites for hydroxylation is 1. The highest BCUT2D eigenvalue weighted by molar-refractivity contribution is 5.83. The molecule has 0 radical (unpaired) electrons. The average Bonchev–Trinajstić information content (AvgIpc) is 2.58. The number of hydrogen-bond donors (Lipinski definition) is 0. The Bertz CT molecular complexity index is 787. The first-order chi connectivity index (χ1) is 10.8. The van der Waals surface area contributed by atoms with Gasteiger partial charge in [0, 0.05) is 12.1 Å². The second-order valence-corrected chi connectivity index (χ2v) is 5.48. The molecule has 1 heterocycles. The predicted octanol–water partition coefficient (Wildman–Crippen LogP) is 4.74. The lowest BCUT2D eigenvalue weighted by Gasteiger charge is -2.06. The molecular weight excluding hydrogens is 266 g/mol. The van der Waals surface area contributed by atoms with Gasteiger partial charge in [-0.1, -0.05) is 60.7 Å². The van der Waals surface area contributed by atoms with Gasteiger partial charge in [-0.05, 0) is 29.7 Å². The molecule has 0 saturated heterocycles. The summed E-state index contributed by atoms with van der Waals surface area (Å²) in [6.07, 6.45) is 4.36. The number of hydrogen-bond acceptors (Lipinski definition) is 0. The van der Waals surface area contributed by atoms with Gasteiger partial charge in [0.2, 0.25) is 5.69 Å². The lowest BCUT2D eigenvalue weighted by molar-refractivity contribution is -0.672. The van der Waals surface area contributed by atoms with Gasteiger partial charge in [-0.15, -0.1) is 0 Å². The van der Waals surface area contributed by atoms with Gasteiger partial charge in [-0.2, -0.15) is 0 Å². The van der Waals surface area contributed by atoms with E-state index < -0.39 is 0 Å². The van der Waals surface area contributed by atoms with Crippen molar-refractivity contribution in [3.05, 3.63) is 90.3 Å². The van der Waals surface area contributed by atoms with Gasteiger partial charge in [0.25, 0.3) is 0 Å². The predicted molar refractivity (Wildman–Crippen MR) is 93.0 cm³/mol. The van der Waals surface area contributed by atoms with E-state index in [2.05, 4.69) is 104 Å². The molecule has 2 aromatic carbocycles. The molecule has 1 nitrogen and oxygen atoms in total. The van der Waals surface area contributed by atoms with Gasteiger partial charge in [-0.25, -0.2) is 4.57 Å². The second-order valence-electron chi connectivity index (χ2n) is 5.48. The van der Waals surface area contributed by atoms with Crippen molar-refractivity contribution >= 4 is 11.6 Å². The lowest BCUT2D eigenvalue weighted by Crippen LogP contribution is -2.31. The molecule has 0 aliphatic rings. The Morgan fingerprint density at radius 1 is 0.818 bits per heavy atom. The van der Waals surface area contributed by atoms with Crippen LogP contribution in [0.1, 0.15) is 18.2 Å². The first-order valence-electron chi connectivity index (χ1n) is 7.53. The quantitative estimate of drug-likeness (QED) is 0.612. The molecule has 0 spiro atoms. The van der Waals surface area contributed by atoms with Crippen LogP contribution < -0.4 is 4.57 Å². The molecule has 0 amide bonds. The third-order valence-corrected chi connectivity index (χ3v) is 3.90. The van der Waals surface area contributed by atoms with Crippen molar-refractivity contribution in [1.29, 1.82) is 0 Å². The molecule has 0 aliphatic heterocycles. The smallest absolute Gasteiger partial charge is 0.201 e. The SMILES string of the molecule is CC(=Cc1c(-c2ccccc2)ccc[n+]1C)c1ccccc1. The van der Waals surface area contributed by atoms with Crippen molar-refractivity contribution < 1.29 is 4.57 Å². The minimum absolute atomic E-state index is 1.22. The molecule has 0 atom stereocenters. The summed E-state index contributed by atoms with van der Waals surface area (Å²) in [4.78, 5) is 0. The Kier molecular flexibility index (Phi) is 4.15. The molecule has 22 heavy (non-hydrogen) atoms. The van der Waals surface area contributed by atoms with Crippen LogP contribution in [0.4, 0.5) is 0 Å². The third-order valence-electron chi connectivity index (χ3n) is 3.90. The summed E-state index contributed by atoms with van der Waals surface area (Å²) in [6, 6.07) is 25.3. The Labute approximate surface area is 132 Å². The first-order valence-corrected chi connectivity index (χ1v) is 7.53. The molecule has 0 bridgehead atoms. The van der Waals surface area contributed by atoms with Crippen LogP contribution in [-0.4, -0.2) is 0 Å². The van der Waals surface area contributed by atoms with Crippen molar-refractivity contribution in [2.75, 3.05) is 0 Å². The first kappa shape index (κ1) is 14.3. The van der Waals surface area contributed by atoms with Crippen LogP contribution in [0, 0.1) is 0 Å². The maximum atomic E-state index is 2.26. The van der Waals surface area contributed by atoms with Crippen LogP contribution in [0.5, 0.6) is 0 Å². The van der Waals surface area contributed by atoms with Crippen LogP contribution in [0.25, 0.3) is 22.8 Å². The summed E-state index contributed by atoms with van der Waals surface area (Å²) in [5.74, 6) is 0. The highest BCUT2D eigenvalue weighted by Gasteiger charge is 2.12. The van der Waals surface area contributed by atoms with E-state index in [9.17, 15) is 0 Å². The molecule has 108 valence electrons. The zero-order valence-electron chi connectivity index (χ0n) is 13.0. The number of aromatic nitrogens is 1. The van der Waals surface area contributed by atoms with Crippen molar-refractivity contribution in [1.82, 2.24) is 0 Å². The third kappa shape index (κ3) is 2.99. The van der Waals surface area contributed by atoms with Crippen LogP contribution in [0.3, 0.4) is 0 Å². The minimum atomic E-state index is 1.22. The zero-order chi connectivity index (χ0) is 15.4. The van der Waals surface area contributed by atoms with E-state index in [4.69, 9.17) is 0 Å². The normalized spacial score (nSPS) is 11.5. The van der Waals surface area contributed by atoms with Crippen molar-refractivity contribution in [3.8, 4) is 11.1 Å². The fraction of sp³-hybridized carbons (Fsp3) is 0.0952. The summed E-state index contributed by atoms with van der Waals surface area (Å²) in [6.45, 7) is 2.16. The van der Waals surface area contributed by atoms with Crippen molar-refractivity contribution in [2.45, 2.75) is 6.92 Å². The van der Waals surface area contributed by atoms with E-state index >= 15 is 0 Å². The summed E-state index contributed by atoms with van der Waals surface area (Å²) in [7, 11) is 2.09. The summed E-state index contributed by atoms with van der Waals surface area (Å²) >= 11 is 0. The van der Waals surface area contributed by atoms with Crippen LogP contribution in [0.2, 0.25) is 0 Å². The number of nitrogens with zero attached hydrogens (tertiary/aromatic N) is 1. The number of allylic oxidation sites excluding steroid dienone is 1. The Hall–Kier alpha value is -2.67. The molecule has 3 rings (SSSR count). The van der Waals surface area contributed by atoms with E-state index in [1.807, 2.05) is 0 Å². The Morgan fingerprint density at radius 2 is 1.45 bits per heavy atom. The van der Waals surface area contributed by atoms with Gasteiger partial charge in [0.15, 0.2) is 6.20 Å². The van der Waals surface area contributed by atoms with Crippen molar-refractivity contribution in [2.24, 2.45) is 7.05 Å². The van der Waals surface area contributed by atoms with Gasteiger partial charge < -0.3 is 0 Å². The summed E-state index contributed by atoms with van der Waals surface area (Å²) in [5.41, 5.74) is 6.23. The molecule has 0 aliphatic carbocycles. The zero-order valence-corrected chi connectivity index (χ0v) is 13.0. The molecule has 1 heteroatoms. The van der Waals surface area contributed by atoms with E-state index in [1.54, 1.807) is 0 Å². The van der Waals surface area contributed by atoms with Crippen LogP contribution in [0.15, 0.2) is 79.0 Å². The van der Waals surface area contributed by atoms with E-state index in [0.29, 0.717) is 0 Å². The number of rotatable bonds is 3. The summed E-state index contributed by atoms with van der Waals surface area (Å²) < 4.78 is 2.18. The molecule has 3 aromatic rings. The van der Waals surface area contributed by atoms with Gasteiger partial charge in [0.1, 0.15) is 7.05 Å². The summed E-state index contributed by atoms with van der Waals surface area (Å²) in [5, 5.41) is 0. The van der Waals surface area contributed by atoms with Crippen molar-refractivity contribution in [3.63, 3.8) is 0 Å². The van der Waals surface area contributed by atoms with Crippen LogP contribution >= 0.6 is 0 Å². The van der Waals surface area contributed by atoms with Gasteiger partial charge >= 0.3 is 0 Å². The minimum Gasteiger partial charge on any atom is -0.201 e. The molecule has 0 N–H and O–H groups in total. The second kappa shape index (κ2) is 6.40. The fourth-order valence-corrected chi connectivity index (χ4v) is 2.65. The standard InChI is InChI=1S/C21H20N/c1-17(18-10-5-3-6-11-18)16-21-20(14-9-15-22(21)2)19-12-7-4-8-13-19/h3-16H,1-2H3/q+1. The fourth-order valence-electron chi connectivity index (χ4n) is 2.65. The number of pyridine rings is 1. The van der Waals surface area contributed by atoms with Gasteiger partial charge in [0.05, 0.1) is 5.56 Å². The maximum Gasteiger partial charge on any atom is 0.213 e. The van der Waals surface area contributed by atoms with E-state index in [1.165, 1.54) is 28.0 Å². The molecule has 1 aromatic heterocycles. The lowest BCUT2D eigenvalue weighted by atomic mass is 10.00. The average molecular weight is 286 g/mol. The molecule has 0 fully saturated rings. The monoisotopic (exact) mass is 286 g/mol. The Morgan fingerprint density at radius 3 is 2.14 bits per heavy atom. The Balaban J connectivity index is 2.11. The topological polar surface area (TPSA) is 3.88 Å². The van der Waals surface area contributed by atoms with Gasteiger partial charge in [-0.3, -0.25) is 0 Å². The van der Waals surface area contributed by atoms with E-state index in [-0.39, 0.29) is 0 Å². The van der Waals surface area contributed by atoms with E-state index in [0.717, 1.165) is 0 Å². The molecule has 0 unspecified atom stereocenters. The highest BCUT2D eigenvalue weighted by Crippen LogP contribution is 2.24. The maximum absolute atomic E-state index is 2.26. The highest BCUT2D eigenvalue weighted by atomic mass is 14.9. The number of benzene rings is 2. The molecular formula is C21H20N+.